The average Bonchev–Trinajstić information content (AvgIpc) is 1.99. The second kappa shape index (κ2) is 4.79. The van der Waals surface area contributed by atoms with E-state index in [0.29, 0.717) is 6.42 Å². The molecule has 0 bridgehead atoms. The van der Waals surface area contributed by atoms with Crippen LogP contribution >= 0.6 is 0 Å². The zero-order valence-corrected chi connectivity index (χ0v) is 6.48. The van der Waals surface area contributed by atoms with Gasteiger partial charge in [-0.15, -0.1) is 0 Å². The fraction of sp³-hybridized carbons (Fsp3) is 0.375. The van der Waals surface area contributed by atoms with E-state index in [1.165, 1.54) is 0 Å². The highest BCUT2D eigenvalue weighted by molar-refractivity contribution is 5.78. The number of nitrogens with one attached hydrogen (secondary N) is 1. The minimum absolute atomic E-state index is 0.0213. The zero-order valence-electron chi connectivity index (χ0n) is 6.48. The summed E-state index contributed by atoms with van der Waals surface area (Å²) in [4.78, 5) is 10.7. The molecule has 0 heterocycles. The molecular weight excluding hydrogens is 126 g/mol. The summed E-state index contributed by atoms with van der Waals surface area (Å²) >= 11 is 0. The number of carbonyl (C=O) groups excluding carboxylic acids is 1. The van der Waals surface area contributed by atoms with Gasteiger partial charge in [-0.05, 0) is 12.5 Å². The van der Waals surface area contributed by atoms with Gasteiger partial charge in [0.15, 0.2) is 0 Å². The van der Waals surface area contributed by atoms with Crippen molar-refractivity contribution in [3.05, 3.63) is 24.3 Å². The second-order valence-corrected chi connectivity index (χ2v) is 1.92. The summed E-state index contributed by atoms with van der Waals surface area (Å²) in [6, 6.07) is 0. The number of hydrogen-bond acceptors (Lipinski definition) is 1. The van der Waals surface area contributed by atoms with Gasteiger partial charge in [-0.25, -0.2) is 0 Å². The summed E-state index contributed by atoms with van der Waals surface area (Å²) in [6.07, 6.45) is 3.99. The molecule has 0 rings (SSSR count). The molecule has 2 heteroatoms. The molecule has 0 aliphatic carbocycles. The lowest BCUT2D eigenvalue weighted by Gasteiger charge is -1.98. The molecule has 0 unspecified atom stereocenters. The van der Waals surface area contributed by atoms with Crippen molar-refractivity contribution in [3.8, 4) is 0 Å². The summed E-state index contributed by atoms with van der Waals surface area (Å²) < 4.78 is 0. The Morgan fingerprint density at radius 3 is 2.60 bits per heavy atom. The number of carbonyl (C=O) groups is 1. The Morgan fingerprint density at radius 1 is 1.70 bits per heavy atom. The Hall–Kier alpha value is -1.05. The van der Waals surface area contributed by atoms with E-state index in [1.807, 2.05) is 13.0 Å². The molecule has 0 saturated heterocycles. The van der Waals surface area contributed by atoms with E-state index in [1.54, 1.807) is 13.1 Å². The van der Waals surface area contributed by atoms with Gasteiger partial charge < -0.3 is 5.32 Å². The van der Waals surface area contributed by atoms with Crippen molar-refractivity contribution < 1.29 is 4.79 Å². The van der Waals surface area contributed by atoms with E-state index in [0.717, 1.165) is 5.57 Å². The van der Waals surface area contributed by atoms with E-state index >= 15 is 0 Å². The fourth-order valence-corrected chi connectivity index (χ4v) is 0.566. The number of rotatable bonds is 3. The summed E-state index contributed by atoms with van der Waals surface area (Å²) in [5.41, 5.74) is 0.958. The van der Waals surface area contributed by atoms with Crippen LogP contribution in [0.4, 0.5) is 0 Å². The van der Waals surface area contributed by atoms with Crippen molar-refractivity contribution in [2.75, 3.05) is 7.05 Å². The molecule has 0 saturated carbocycles. The van der Waals surface area contributed by atoms with Crippen molar-refractivity contribution >= 4 is 5.91 Å². The Labute approximate surface area is 61.6 Å². The van der Waals surface area contributed by atoms with Gasteiger partial charge in [0, 0.05) is 7.05 Å². The topological polar surface area (TPSA) is 29.1 Å². The SMILES string of the molecule is C=C/C(=C\C)CC(=O)NC. The van der Waals surface area contributed by atoms with Gasteiger partial charge >= 0.3 is 0 Å². The number of hydrogen-bond donors (Lipinski definition) is 1. The molecule has 1 N–H and O–H groups in total. The largest absolute Gasteiger partial charge is 0.359 e. The Morgan fingerprint density at radius 2 is 2.30 bits per heavy atom. The lowest BCUT2D eigenvalue weighted by molar-refractivity contribution is -0.119. The highest BCUT2D eigenvalue weighted by atomic mass is 16.1. The van der Waals surface area contributed by atoms with Gasteiger partial charge in [-0.2, -0.15) is 0 Å². The molecule has 0 aromatic rings. The maximum Gasteiger partial charge on any atom is 0.224 e. The normalized spacial score (nSPS) is 10.8. The van der Waals surface area contributed by atoms with Crippen LogP contribution < -0.4 is 5.32 Å². The molecule has 1 amide bonds. The lowest BCUT2D eigenvalue weighted by atomic mass is 10.2. The minimum Gasteiger partial charge on any atom is -0.359 e. The monoisotopic (exact) mass is 139 g/mol. The van der Waals surface area contributed by atoms with Crippen LogP contribution in [0, 0.1) is 0 Å². The van der Waals surface area contributed by atoms with E-state index in [-0.39, 0.29) is 5.91 Å². The Balaban J connectivity index is 3.87. The zero-order chi connectivity index (χ0) is 7.98. The third kappa shape index (κ3) is 3.07. The minimum atomic E-state index is 0.0213. The predicted octanol–water partition coefficient (Wildman–Crippen LogP) is 1.25. The van der Waals surface area contributed by atoms with Crippen LogP contribution in [0.5, 0.6) is 0 Å². The van der Waals surface area contributed by atoms with Gasteiger partial charge in [0.25, 0.3) is 0 Å². The molecular formula is C8H13NO. The third-order valence-corrected chi connectivity index (χ3v) is 1.28. The summed E-state index contributed by atoms with van der Waals surface area (Å²) in [5, 5.41) is 2.54. The van der Waals surface area contributed by atoms with Crippen LogP contribution in [0.15, 0.2) is 24.3 Å². The number of amides is 1. The van der Waals surface area contributed by atoms with Crippen LogP contribution in [0.2, 0.25) is 0 Å². The highest BCUT2D eigenvalue weighted by Crippen LogP contribution is 2.00. The van der Waals surface area contributed by atoms with Crippen molar-refractivity contribution in [1.82, 2.24) is 5.32 Å². The van der Waals surface area contributed by atoms with Crippen LogP contribution in [0.1, 0.15) is 13.3 Å². The average molecular weight is 139 g/mol. The smallest absolute Gasteiger partial charge is 0.224 e. The molecule has 0 aromatic heterocycles. The Bertz CT molecular complexity index is 159. The van der Waals surface area contributed by atoms with E-state index in [2.05, 4.69) is 11.9 Å². The molecule has 0 spiro atoms. The second-order valence-electron chi connectivity index (χ2n) is 1.92. The summed E-state index contributed by atoms with van der Waals surface area (Å²) in [6.45, 7) is 5.46. The van der Waals surface area contributed by atoms with Crippen LogP contribution in [0.25, 0.3) is 0 Å². The van der Waals surface area contributed by atoms with Gasteiger partial charge in [0.05, 0.1) is 6.42 Å². The third-order valence-electron chi connectivity index (χ3n) is 1.28. The molecule has 0 aliphatic rings. The van der Waals surface area contributed by atoms with Crippen LogP contribution in [0.3, 0.4) is 0 Å². The number of allylic oxidation sites excluding steroid dienone is 2. The molecule has 0 radical (unpaired) electrons. The van der Waals surface area contributed by atoms with E-state index in [4.69, 9.17) is 0 Å². The molecule has 2 nitrogen and oxygen atoms in total. The maximum atomic E-state index is 10.7. The van der Waals surface area contributed by atoms with Crippen molar-refractivity contribution in [2.45, 2.75) is 13.3 Å². The Kier molecular flexibility index (Phi) is 4.29. The summed E-state index contributed by atoms with van der Waals surface area (Å²) in [5.74, 6) is 0.0213. The first kappa shape index (κ1) is 8.95. The maximum absolute atomic E-state index is 10.7. The molecule has 0 atom stereocenters. The van der Waals surface area contributed by atoms with E-state index in [9.17, 15) is 4.79 Å². The van der Waals surface area contributed by atoms with Gasteiger partial charge in [0.2, 0.25) is 5.91 Å². The van der Waals surface area contributed by atoms with Crippen molar-refractivity contribution in [1.29, 1.82) is 0 Å². The highest BCUT2D eigenvalue weighted by Gasteiger charge is 1.97. The van der Waals surface area contributed by atoms with Crippen molar-refractivity contribution in [2.24, 2.45) is 0 Å². The first-order valence-electron chi connectivity index (χ1n) is 3.22. The quantitative estimate of drug-likeness (QED) is 0.586. The molecule has 56 valence electrons. The lowest BCUT2D eigenvalue weighted by Crippen LogP contribution is -2.17. The summed E-state index contributed by atoms with van der Waals surface area (Å²) in [7, 11) is 1.62. The van der Waals surface area contributed by atoms with Crippen molar-refractivity contribution in [3.63, 3.8) is 0 Å². The van der Waals surface area contributed by atoms with Crippen LogP contribution in [-0.4, -0.2) is 13.0 Å². The first-order valence-corrected chi connectivity index (χ1v) is 3.22. The predicted molar refractivity (Wildman–Crippen MR) is 42.6 cm³/mol. The molecule has 0 fully saturated rings. The standard InChI is InChI=1S/C8H13NO/c1-4-7(5-2)6-8(10)9-3/h4-5H,1,6H2,2-3H3,(H,9,10)/b7-5+. The molecule has 0 aliphatic heterocycles. The molecule has 0 aromatic carbocycles. The van der Waals surface area contributed by atoms with Gasteiger partial charge in [-0.1, -0.05) is 18.7 Å². The van der Waals surface area contributed by atoms with Crippen LogP contribution in [-0.2, 0) is 4.79 Å². The molecule has 10 heavy (non-hydrogen) atoms. The van der Waals surface area contributed by atoms with Gasteiger partial charge in [-0.3, -0.25) is 4.79 Å². The van der Waals surface area contributed by atoms with Gasteiger partial charge in [0.1, 0.15) is 0 Å². The fourth-order valence-electron chi connectivity index (χ4n) is 0.566. The first-order chi connectivity index (χ1) is 4.74. The van der Waals surface area contributed by atoms with E-state index < -0.39 is 0 Å².